The van der Waals surface area contributed by atoms with Crippen LogP contribution < -0.4 is 10.9 Å². The number of benzene rings is 3. The van der Waals surface area contributed by atoms with Gasteiger partial charge in [-0.25, -0.2) is 9.59 Å². The van der Waals surface area contributed by atoms with Crippen LogP contribution in [0.5, 0.6) is 0 Å². The maximum Gasteiger partial charge on any atom is 0.356 e. The summed E-state index contributed by atoms with van der Waals surface area (Å²) in [6, 6.07) is 20.3. The summed E-state index contributed by atoms with van der Waals surface area (Å²) in [6.45, 7) is 3.35. The minimum atomic E-state index is -1.22. The van der Waals surface area contributed by atoms with E-state index < -0.39 is 23.9 Å². The number of aromatic carboxylic acids is 1. The molecular formula is C28H24N2O6. The van der Waals surface area contributed by atoms with Gasteiger partial charge < -0.3 is 19.7 Å². The third-order valence-corrected chi connectivity index (χ3v) is 5.87. The molecule has 2 N–H and O–H groups in total. The molecule has 0 saturated carbocycles. The number of carboxylic acids is 1. The van der Waals surface area contributed by atoms with Gasteiger partial charge in [0.2, 0.25) is 0 Å². The second-order valence-electron chi connectivity index (χ2n) is 8.42. The topological polar surface area (TPSA) is 115 Å². The van der Waals surface area contributed by atoms with Crippen LogP contribution in [0, 0.1) is 6.92 Å². The number of anilines is 1. The van der Waals surface area contributed by atoms with Crippen molar-refractivity contribution < 1.29 is 24.2 Å². The highest BCUT2D eigenvalue weighted by atomic mass is 16.5. The summed E-state index contributed by atoms with van der Waals surface area (Å²) in [5.41, 5.74) is 2.20. The number of fused-ring (bicyclic) bond motifs is 1. The number of carbonyl (C=O) groups excluding carboxylic acids is 2. The van der Waals surface area contributed by atoms with Gasteiger partial charge in [0, 0.05) is 23.7 Å². The molecule has 0 bridgehead atoms. The Kier molecular flexibility index (Phi) is 6.69. The van der Waals surface area contributed by atoms with Crippen LogP contribution >= 0.6 is 0 Å². The number of carbonyl (C=O) groups is 3. The molecule has 3 aromatic carbocycles. The first-order chi connectivity index (χ1) is 17.2. The summed E-state index contributed by atoms with van der Waals surface area (Å²) in [5, 5.41) is 12.8. The Morgan fingerprint density at radius 2 is 1.61 bits per heavy atom. The van der Waals surface area contributed by atoms with Gasteiger partial charge >= 0.3 is 11.9 Å². The van der Waals surface area contributed by atoms with Crippen molar-refractivity contribution in [1.29, 1.82) is 0 Å². The summed E-state index contributed by atoms with van der Waals surface area (Å²) in [6.07, 6.45) is -1.22. The predicted octanol–water partition coefficient (Wildman–Crippen LogP) is 4.40. The summed E-state index contributed by atoms with van der Waals surface area (Å²) < 4.78 is 6.73. The molecule has 1 unspecified atom stereocenters. The smallest absolute Gasteiger partial charge is 0.356 e. The van der Waals surface area contributed by atoms with E-state index in [2.05, 4.69) is 5.32 Å². The molecule has 1 atom stereocenters. The van der Waals surface area contributed by atoms with Crippen LogP contribution in [-0.4, -0.2) is 33.6 Å². The number of amides is 1. The van der Waals surface area contributed by atoms with Crippen molar-refractivity contribution in [3.63, 3.8) is 0 Å². The van der Waals surface area contributed by atoms with Crippen molar-refractivity contribution in [2.75, 3.05) is 5.32 Å². The number of esters is 1. The van der Waals surface area contributed by atoms with E-state index in [-0.39, 0.29) is 22.5 Å². The summed E-state index contributed by atoms with van der Waals surface area (Å²) in [4.78, 5) is 50.4. The fraction of sp³-hybridized carbons (Fsp3) is 0.143. The van der Waals surface area contributed by atoms with Crippen molar-refractivity contribution in [2.24, 2.45) is 7.05 Å². The molecule has 1 heterocycles. The number of ether oxygens (including phenoxy) is 1. The van der Waals surface area contributed by atoms with E-state index in [0.717, 1.165) is 11.1 Å². The Hall–Kier alpha value is -4.72. The van der Waals surface area contributed by atoms with E-state index >= 15 is 0 Å². The number of rotatable bonds is 6. The molecule has 4 aromatic rings. The lowest BCUT2D eigenvalue weighted by atomic mass is 9.96. The van der Waals surface area contributed by atoms with Crippen LogP contribution in [0.25, 0.3) is 21.9 Å². The maximum absolute atomic E-state index is 13.4. The van der Waals surface area contributed by atoms with Crippen molar-refractivity contribution >= 4 is 34.3 Å². The molecule has 0 radical (unpaired) electrons. The predicted molar refractivity (Wildman–Crippen MR) is 136 cm³/mol. The van der Waals surface area contributed by atoms with Crippen LogP contribution in [0.4, 0.5) is 5.69 Å². The van der Waals surface area contributed by atoms with Gasteiger partial charge in [0.1, 0.15) is 5.69 Å². The lowest BCUT2D eigenvalue weighted by molar-refractivity contribution is -0.123. The maximum atomic E-state index is 13.4. The number of hydrogen-bond acceptors (Lipinski definition) is 5. The average molecular weight is 485 g/mol. The molecule has 0 saturated heterocycles. The van der Waals surface area contributed by atoms with Crippen molar-refractivity contribution in [3.8, 4) is 11.1 Å². The normalized spacial score (nSPS) is 11.6. The monoisotopic (exact) mass is 484 g/mol. The minimum absolute atomic E-state index is 0.00588. The van der Waals surface area contributed by atoms with Gasteiger partial charge in [-0.15, -0.1) is 0 Å². The molecule has 0 spiro atoms. The van der Waals surface area contributed by atoms with Gasteiger partial charge in [-0.2, -0.15) is 0 Å². The van der Waals surface area contributed by atoms with E-state index in [0.29, 0.717) is 16.3 Å². The summed E-state index contributed by atoms with van der Waals surface area (Å²) in [5.74, 6) is -2.61. The molecule has 182 valence electrons. The molecule has 4 rings (SSSR count). The standard InChI is InChI=1S/C28H24N2O6/c1-16-11-13-18(14-12-16)23-21-9-4-5-10-22(21)26(32)30(3)24(23)28(35)36-17(2)25(31)29-20-8-6-7-19(15-20)27(33)34/h4-15,17H,1-3H3,(H,29,31)(H,33,34). The second-order valence-corrected chi connectivity index (χ2v) is 8.42. The minimum Gasteiger partial charge on any atom is -0.478 e. The highest BCUT2D eigenvalue weighted by Gasteiger charge is 2.26. The molecule has 8 nitrogen and oxygen atoms in total. The zero-order valence-electron chi connectivity index (χ0n) is 19.9. The van der Waals surface area contributed by atoms with Gasteiger partial charge in [-0.1, -0.05) is 54.1 Å². The van der Waals surface area contributed by atoms with Gasteiger partial charge in [0.25, 0.3) is 11.5 Å². The zero-order chi connectivity index (χ0) is 26.0. The third-order valence-electron chi connectivity index (χ3n) is 5.87. The largest absolute Gasteiger partial charge is 0.478 e. The van der Waals surface area contributed by atoms with Crippen molar-refractivity contribution in [2.45, 2.75) is 20.0 Å². The number of pyridine rings is 1. The zero-order valence-corrected chi connectivity index (χ0v) is 19.9. The first kappa shape index (κ1) is 24.4. The third kappa shape index (κ3) is 4.74. The first-order valence-corrected chi connectivity index (χ1v) is 11.2. The molecule has 1 amide bonds. The highest BCUT2D eigenvalue weighted by molar-refractivity contribution is 6.07. The number of hydrogen-bond donors (Lipinski definition) is 2. The fourth-order valence-corrected chi connectivity index (χ4v) is 3.96. The van der Waals surface area contributed by atoms with E-state index in [1.54, 1.807) is 24.3 Å². The number of aromatic nitrogens is 1. The van der Waals surface area contributed by atoms with E-state index in [1.165, 1.54) is 42.8 Å². The number of nitrogens with one attached hydrogen (secondary N) is 1. The molecule has 36 heavy (non-hydrogen) atoms. The molecule has 0 fully saturated rings. The van der Waals surface area contributed by atoms with Gasteiger partial charge in [0.05, 0.1) is 5.56 Å². The van der Waals surface area contributed by atoms with Gasteiger partial charge in [-0.3, -0.25) is 9.59 Å². The fourth-order valence-electron chi connectivity index (χ4n) is 3.96. The van der Waals surface area contributed by atoms with Crippen LogP contribution in [0.2, 0.25) is 0 Å². The van der Waals surface area contributed by atoms with Crippen molar-refractivity contribution in [1.82, 2.24) is 4.57 Å². The van der Waals surface area contributed by atoms with Gasteiger partial charge in [0.15, 0.2) is 6.10 Å². The van der Waals surface area contributed by atoms with Crippen LogP contribution in [0.15, 0.2) is 77.6 Å². The summed E-state index contributed by atoms with van der Waals surface area (Å²) in [7, 11) is 1.49. The van der Waals surface area contributed by atoms with Crippen LogP contribution in [-0.2, 0) is 16.6 Å². The average Bonchev–Trinajstić information content (AvgIpc) is 2.86. The Bertz CT molecular complexity index is 1550. The molecule has 0 aliphatic heterocycles. The van der Waals surface area contributed by atoms with E-state index in [9.17, 15) is 19.2 Å². The Balaban J connectivity index is 1.70. The van der Waals surface area contributed by atoms with Crippen molar-refractivity contribution in [3.05, 3.63) is 100.0 Å². The van der Waals surface area contributed by atoms with Gasteiger partial charge in [-0.05, 0) is 49.1 Å². The Morgan fingerprint density at radius 1 is 0.944 bits per heavy atom. The first-order valence-electron chi connectivity index (χ1n) is 11.2. The lowest BCUT2D eigenvalue weighted by Crippen LogP contribution is -2.33. The van der Waals surface area contributed by atoms with E-state index in [4.69, 9.17) is 9.84 Å². The van der Waals surface area contributed by atoms with E-state index in [1.807, 2.05) is 31.2 Å². The molecular weight excluding hydrogens is 460 g/mol. The number of nitrogens with zero attached hydrogens (tertiary/aromatic N) is 1. The SMILES string of the molecule is Cc1ccc(-c2c(C(=O)OC(C)C(=O)Nc3cccc(C(=O)O)c3)n(C)c(=O)c3ccccc23)cc1. The quantitative estimate of drug-likeness (QED) is 0.392. The Morgan fingerprint density at radius 3 is 2.28 bits per heavy atom. The summed E-state index contributed by atoms with van der Waals surface area (Å²) >= 11 is 0. The van der Waals surface area contributed by atoms with Crippen LogP contribution in [0.1, 0.15) is 33.3 Å². The number of carboxylic acid groups (broad SMARTS) is 1. The molecule has 0 aliphatic rings. The molecule has 0 aliphatic carbocycles. The number of aryl methyl sites for hydroxylation is 1. The molecule has 8 heteroatoms. The highest BCUT2D eigenvalue weighted by Crippen LogP contribution is 2.31. The second kappa shape index (κ2) is 9.87. The molecule has 1 aromatic heterocycles. The van der Waals surface area contributed by atoms with Crippen LogP contribution in [0.3, 0.4) is 0 Å². The lowest BCUT2D eigenvalue weighted by Gasteiger charge is -2.19. The Labute approximate surface area is 206 Å².